The predicted molar refractivity (Wildman–Crippen MR) is 85.7 cm³/mol. The molecule has 20 heavy (non-hydrogen) atoms. The second kappa shape index (κ2) is 6.81. The van der Waals surface area contributed by atoms with E-state index in [1.54, 1.807) is 0 Å². The zero-order valence-electron chi connectivity index (χ0n) is 12.3. The van der Waals surface area contributed by atoms with Gasteiger partial charge in [0.1, 0.15) is 5.75 Å². The normalized spacial score (nSPS) is 12.4. The zero-order chi connectivity index (χ0) is 14.5. The van der Waals surface area contributed by atoms with E-state index in [0.717, 1.165) is 17.7 Å². The Kier molecular flexibility index (Phi) is 5.08. The van der Waals surface area contributed by atoms with Crippen LogP contribution < -0.4 is 4.74 Å². The van der Waals surface area contributed by atoms with Crippen molar-refractivity contribution < 1.29 is 4.74 Å². The van der Waals surface area contributed by atoms with Gasteiger partial charge in [-0.15, -0.1) is 11.6 Å². The summed E-state index contributed by atoms with van der Waals surface area (Å²) in [4.78, 5) is 0. The summed E-state index contributed by atoms with van der Waals surface area (Å²) in [6.07, 6.45) is 1.01. The zero-order valence-corrected chi connectivity index (χ0v) is 13.0. The number of rotatable bonds is 5. The van der Waals surface area contributed by atoms with Gasteiger partial charge in [0.2, 0.25) is 0 Å². The molecule has 0 radical (unpaired) electrons. The quantitative estimate of drug-likeness (QED) is 0.678. The average molecular weight is 289 g/mol. The van der Waals surface area contributed by atoms with Crippen LogP contribution in [0.4, 0.5) is 0 Å². The van der Waals surface area contributed by atoms with Crippen molar-refractivity contribution in [3.05, 3.63) is 65.2 Å². The van der Waals surface area contributed by atoms with Gasteiger partial charge in [0.15, 0.2) is 0 Å². The van der Waals surface area contributed by atoms with Gasteiger partial charge in [-0.3, -0.25) is 0 Å². The van der Waals surface area contributed by atoms with Crippen LogP contribution in [0, 0.1) is 6.92 Å². The van der Waals surface area contributed by atoms with E-state index in [1.165, 1.54) is 11.1 Å². The van der Waals surface area contributed by atoms with Crippen molar-refractivity contribution in [3.63, 3.8) is 0 Å². The largest absolute Gasteiger partial charge is 0.491 e. The minimum atomic E-state index is -0.0354. The average Bonchev–Trinajstić information content (AvgIpc) is 2.41. The molecule has 1 nitrogen and oxygen atoms in total. The molecule has 0 saturated heterocycles. The van der Waals surface area contributed by atoms with Gasteiger partial charge in [-0.25, -0.2) is 0 Å². The predicted octanol–water partition coefficient (Wildman–Crippen LogP) is 5.30. The molecule has 2 aromatic rings. The van der Waals surface area contributed by atoms with Crippen LogP contribution >= 0.6 is 11.6 Å². The summed E-state index contributed by atoms with van der Waals surface area (Å²) in [6.45, 7) is 6.17. The number of aryl methyl sites for hydroxylation is 1. The molecule has 0 aliphatic carbocycles. The summed E-state index contributed by atoms with van der Waals surface area (Å²) >= 11 is 6.57. The molecule has 0 aromatic heterocycles. The highest BCUT2D eigenvalue weighted by Crippen LogP contribution is 2.28. The maximum Gasteiger partial charge on any atom is 0.120 e. The first kappa shape index (κ1) is 14.9. The van der Waals surface area contributed by atoms with Gasteiger partial charge in [-0.1, -0.05) is 36.4 Å². The van der Waals surface area contributed by atoms with Gasteiger partial charge in [0.05, 0.1) is 11.5 Å². The molecule has 2 rings (SSSR count). The van der Waals surface area contributed by atoms with Crippen molar-refractivity contribution >= 4 is 11.6 Å². The third-order valence-electron chi connectivity index (χ3n) is 3.25. The van der Waals surface area contributed by atoms with Gasteiger partial charge in [-0.05, 0) is 56.0 Å². The lowest BCUT2D eigenvalue weighted by Crippen LogP contribution is -2.06. The Hall–Kier alpha value is -1.47. The van der Waals surface area contributed by atoms with Gasteiger partial charge >= 0.3 is 0 Å². The molecule has 0 heterocycles. The van der Waals surface area contributed by atoms with E-state index in [9.17, 15) is 0 Å². The Morgan fingerprint density at radius 1 is 1.05 bits per heavy atom. The van der Waals surface area contributed by atoms with Crippen LogP contribution in [0.3, 0.4) is 0 Å². The van der Waals surface area contributed by atoms with Gasteiger partial charge in [-0.2, -0.15) is 0 Å². The number of hydrogen-bond donors (Lipinski definition) is 0. The molecular formula is C18H21ClO. The molecule has 0 saturated carbocycles. The molecule has 2 heteroatoms. The lowest BCUT2D eigenvalue weighted by atomic mass is 10.00. The highest BCUT2D eigenvalue weighted by molar-refractivity contribution is 6.20. The maximum absolute atomic E-state index is 6.57. The van der Waals surface area contributed by atoms with Crippen LogP contribution in [-0.2, 0) is 6.42 Å². The highest BCUT2D eigenvalue weighted by atomic mass is 35.5. The van der Waals surface area contributed by atoms with E-state index < -0.39 is 0 Å². The number of alkyl halides is 1. The fourth-order valence-electron chi connectivity index (χ4n) is 2.20. The van der Waals surface area contributed by atoms with Crippen molar-refractivity contribution in [2.24, 2.45) is 0 Å². The van der Waals surface area contributed by atoms with E-state index in [2.05, 4.69) is 37.3 Å². The van der Waals surface area contributed by atoms with Crippen molar-refractivity contribution in [1.29, 1.82) is 0 Å². The van der Waals surface area contributed by atoms with E-state index in [4.69, 9.17) is 16.3 Å². The minimum absolute atomic E-state index is 0.0354. The van der Waals surface area contributed by atoms with Crippen molar-refractivity contribution in [2.75, 3.05) is 0 Å². The Bertz CT molecular complexity index is 563. The molecule has 2 aromatic carbocycles. The maximum atomic E-state index is 6.57. The second-order valence-corrected chi connectivity index (χ2v) is 5.86. The Balaban J connectivity index is 2.13. The number of halogens is 1. The van der Waals surface area contributed by atoms with Crippen LogP contribution in [0.15, 0.2) is 48.5 Å². The second-order valence-electron chi connectivity index (χ2n) is 5.34. The first-order valence-electron chi connectivity index (χ1n) is 7.01. The molecule has 0 aliphatic rings. The monoisotopic (exact) mass is 288 g/mol. The lowest BCUT2D eigenvalue weighted by molar-refractivity contribution is 0.242. The Labute approximate surface area is 126 Å². The minimum Gasteiger partial charge on any atom is -0.491 e. The van der Waals surface area contributed by atoms with Crippen molar-refractivity contribution in [2.45, 2.75) is 38.7 Å². The van der Waals surface area contributed by atoms with Crippen molar-refractivity contribution in [1.82, 2.24) is 0 Å². The first-order valence-corrected chi connectivity index (χ1v) is 7.45. The smallest absolute Gasteiger partial charge is 0.120 e. The van der Waals surface area contributed by atoms with E-state index in [1.807, 2.05) is 32.0 Å². The standard InChI is InChI=1S/C18H21ClO/c1-13(2)20-17-10-6-9-16(11-17)18(19)12-15-8-5-4-7-14(15)3/h4-11,13,18H,12H2,1-3H3. The van der Waals surface area contributed by atoms with Gasteiger partial charge < -0.3 is 4.74 Å². The summed E-state index contributed by atoms with van der Waals surface area (Å²) in [7, 11) is 0. The summed E-state index contributed by atoms with van der Waals surface area (Å²) < 4.78 is 5.72. The van der Waals surface area contributed by atoms with E-state index in [0.29, 0.717) is 0 Å². The third-order valence-corrected chi connectivity index (χ3v) is 3.66. The molecule has 0 bridgehead atoms. The van der Waals surface area contributed by atoms with Gasteiger partial charge in [0.25, 0.3) is 0 Å². The number of ether oxygens (including phenoxy) is 1. The summed E-state index contributed by atoms with van der Waals surface area (Å²) in [6, 6.07) is 16.4. The number of hydrogen-bond acceptors (Lipinski definition) is 1. The molecular weight excluding hydrogens is 268 g/mol. The summed E-state index contributed by atoms with van der Waals surface area (Å²) in [5.41, 5.74) is 3.68. The fraction of sp³-hybridized carbons (Fsp3) is 0.333. The van der Waals surface area contributed by atoms with Gasteiger partial charge in [0, 0.05) is 0 Å². The number of benzene rings is 2. The highest BCUT2D eigenvalue weighted by Gasteiger charge is 2.11. The van der Waals surface area contributed by atoms with E-state index in [-0.39, 0.29) is 11.5 Å². The molecule has 1 unspecified atom stereocenters. The van der Waals surface area contributed by atoms with Crippen LogP contribution in [0.2, 0.25) is 0 Å². The fourth-order valence-corrected chi connectivity index (χ4v) is 2.51. The Morgan fingerprint density at radius 3 is 2.50 bits per heavy atom. The molecule has 0 spiro atoms. The molecule has 0 aliphatic heterocycles. The van der Waals surface area contributed by atoms with Crippen molar-refractivity contribution in [3.8, 4) is 5.75 Å². The molecule has 0 N–H and O–H groups in total. The summed E-state index contributed by atoms with van der Waals surface area (Å²) in [5.74, 6) is 0.882. The van der Waals surface area contributed by atoms with Crippen LogP contribution in [0.5, 0.6) is 5.75 Å². The van der Waals surface area contributed by atoms with Crippen LogP contribution in [0.25, 0.3) is 0 Å². The summed E-state index contributed by atoms with van der Waals surface area (Å²) in [5, 5.41) is -0.0354. The molecule has 1 atom stereocenters. The molecule has 0 fully saturated rings. The third kappa shape index (κ3) is 4.01. The first-order chi connectivity index (χ1) is 9.56. The Morgan fingerprint density at radius 2 is 1.80 bits per heavy atom. The molecule has 0 amide bonds. The lowest BCUT2D eigenvalue weighted by Gasteiger charge is -2.15. The van der Waals surface area contributed by atoms with Crippen LogP contribution in [-0.4, -0.2) is 6.10 Å². The van der Waals surface area contributed by atoms with Crippen LogP contribution in [0.1, 0.15) is 35.9 Å². The SMILES string of the molecule is Cc1ccccc1CC(Cl)c1cccc(OC(C)C)c1. The molecule has 106 valence electrons. The van der Waals surface area contributed by atoms with E-state index >= 15 is 0 Å². The topological polar surface area (TPSA) is 9.23 Å².